The van der Waals surface area contributed by atoms with E-state index in [-0.39, 0.29) is 16.8 Å². The maximum absolute atomic E-state index is 14.7. The van der Waals surface area contributed by atoms with Crippen molar-refractivity contribution in [3.05, 3.63) is 64.8 Å². The van der Waals surface area contributed by atoms with Crippen molar-refractivity contribution in [2.24, 2.45) is 5.92 Å². The molecule has 1 aromatic carbocycles. The number of nitrogens with two attached hydrogens (primary N) is 2. The van der Waals surface area contributed by atoms with E-state index in [4.69, 9.17) is 23.1 Å². The normalized spacial score (nSPS) is 21.6. The van der Waals surface area contributed by atoms with Crippen LogP contribution in [-0.4, -0.2) is 41.9 Å². The number of pyridine rings is 1. The molecule has 5 rings (SSSR count). The number of benzene rings is 1. The van der Waals surface area contributed by atoms with Crippen LogP contribution in [0.3, 0.4) is 0 Å². The number of hydrogen-bond acceptors (Lipinski definition) is 7. The number of hydrogen-bond donors (Lipinski definition) is 4. The van der Waals surface area contributed by atoms with E-state index in [9.17, 15) is 14.6 Å². The van der Waals surface area contributed by atoms with Crippen molar-refractivity contribution in [1.29, 1.82) is 0 Å². The number of aliphatic hydroxyl groups is 2. The molecule has 0 bridgehead atoms. The van der Waals surface area contributed by atoms with E-state index >= 15 is 0 Å². The summed E-state index contributed by atoms with van der Waals surface area (Å²) < 4.78 is 16.5. The summed E-state index contributed by atoms with van der Waals surface area (Å²) in [7, 11) is 0. The summed E-state index contributed by atoms with van der Waals surface area (Å²) >= 11 is 5.97. The van der Waals surface area contributed by atoms with Crippen LogP contribution in [0.2, 0.25) is 5.02 Å². The van der Waals surface area contributed by atoms with Crippen LogP contribution in [0.15, 0.2) is 48.4 Å². The number of nitrogens with zero attached hydrogens (tertiary/aromatic N) is 4. The van der Waals surface area contributed by atoms with Crippen molar-refractivity contribution in [2.75, 3.05) is 11.5 Å². The monoisotopic (exact) mass is 468 g/mol. The van der Waals surface area contributed by atoms with Gasteiger partial charge in [0.05, 0.1) is 22.0 Å². The molecule has 0 amide bonds. The molecule has 33 heavy (non-hydrogen) atoms. The predicted octanol–water partition coefficient (Wildman–Crippen LogP) is 3.02. The van der Waals surface area contributed by atoms with Gasteiger partial charge >= 0.3 is 0 Å². The molecule has 4 aromatic rings. The molecule has 0 fully saturated rings. The van der Waals surface area contributed by atoms with E-state index in [2.05, 4.69) is 15.0 Å². The van der Waals surface area contributed by atoms with Gasteiger partial charge in [0.25, 0.3) is 0 Å². The molecular formula is C23H22ClFN6O2. The van der Waals surface area contributed by atoms with E-state index in [1.54, 1.807) is 22.9 Å². The molecule has 0 saturated heterocycles. The summed E-state index contributed by atoms with van der Waals surface area (Å²) in [5, 5.41) is 22.7. The first-order chi connectivity index (χ1) is 15.7. The molecule has 1 aliphatic rings. The van der Waals surface area contributed by atoms with Crippen LogP contribution >= 0.6 is 11.6 Å². The SMILES string of the molecule is CC(Cc1cc(F)c2cc(Cl)c(N)nc2c1)C1=C[C@@H](n2ccc3c(N)ncnc32)[C@H](O)[C@@H]1O. The highest BCUT2D eigenvalue weighted by Crippen LogP contribution is 2.37. The Bertz CT molecular complexity index is 1420. The van der Waals surface area contributed by atoms with E-state index < -0.39 is 24.1 Å². The highest BCUT2D eigenvalue weighted by Gasteiger charge is 2.38. The minimum Gasteiger partial charge on any atom is -0.388 e. The highest BCUT2D eigenvalue weighted by molar-refractivity contribution is 6.33. The molecule has 1 aliphatic carbocycles. The Morgan fingerprint density at radius 1 is 1.15 bits per heavy atom. The van der Waals surface area contributed by atoms with Gasteiger partial charge in [-0.2, -0.15) is 0 Å². The van der Waals surface area contributed by atoms with Crippen molar-refractivity contribution < 1.29 is 14.6 Å². The quantitative estimate of drug-likeness (QED) is 0.338. The molecule has 8 nitrogen and oxygen atoms in total. The zero-order chi connectivity index (χ0) is 23.4. The topological polar surface area (TPSA) is 136 Å². The van der Waals surface area contributed by atoms with Gasteiger partial charge in [-0.05, 0) is 47.7 Å². The fraction of sp³-hybridized carbons (Fsp3) is 0.261. The van der Waals surface area contributed by atoms with Crippen molar-refractivity contribution in [1.82, 2.24) is 19.5 Å². The van der Waals surface area contributed by atoms with Gasteiger partial charge in [0, 0.05) is 11.6 Å². The number of nitrogen functional groups attached to an aromatic ring is 2. The fourth-order valence-electron chi connectivity index (χ4n) is 4.58. The molecule has 3 aromatic heterocycles. The first kappa shape index (κ1) is 21.6. The standard InChI is InChI=1S/C23H22ClFN6O2/c1-10(4-11-5-16(25)14-7-15(24)22(27)30-17(14)6-11)13-8-18(20(33)19(13)32)31-3-2-12-21(26)28-9-29-23(12)31/h2-3,5-10,18-20,32-33H,4H2,1H3,(H2,27,30)(H2,26,28,29)/t10?,18-,19-,20+/m1/s1. The molecular weight excluding hydrogens is 447 g/mol. The van der Waals surface area contributed by atoms with Crippen LogP contribution in [0, 0.1) is 11.7 Å². The lowest BCUT2D eigenvalue weighted by Crippen LogP contribution is -2.30. The smallest absolute Gasteiger partial charge is 0.146 e. The Balaban J connectivity index is 1.46. The third kappa shape index (κ3) is 3.58. The van der Waals surface area contributed by atoms with E-state index in [1.807, 2.05) is 13.0 Å². The average molecular weight is 469 g/mol. The molecule has 4 atom stereocenters. The number of aliphatic hydroxyl groups excluding tert-OH is 2. The molecule has 0 radical (unpaired) electrons. The third-order valence-electron chi connectivity index (χ3n) is 6.27. The summed E-state index contributed by atoms with van der Waals surface area (Å²) in [5.74, 6) is -0.142. The molecule has 0 aliphatic heterocycles. The Labute approximate surface area is 193 Å². The fourth-order valence-corrected chi connectivity index (χ4v) is 4.73. The lowest BCUT2D eigenvalue weighted by atomic mass is 9.91. The molecule has 10 heteroatoms. The minimum atomic E-state index is -1.07. The first-order valence-corrected chi connectivity index (χ1v) is 10.8. The van der Waals surface area contributed by atoms with Gasteiger partial charge in [-0.3, -0.25) is 0 Å². The van der Waals surface area contributed by atoms with Crippen LogP contribution in [0.4, 0.5) is 16.0 Å². The number of fused-ring (bicyclic) bond motifs is 2. The van der Waals surface area contributed by atoms with Gasteiger partial charge in [-0.15, -0.1) is 0 Å². The maximum atomic E-state index is 14.7. The molecule has 1 unspecified atom stereocenters. The summed E-state index contributed by atoms with van der Waals surface area (Å²) in [4.78, 5) is 12.4. The van der Waals surface area contributed by atoms with Crippen LogP contribution in [0.1, 0.15) is 18.5 Å². The zero-order valence-electron chi connectivity index (χ0n) is 17.7. The zero-order valence-corrected chi connectivity index (χ0v) is 18.4. The second-order valence-electron chi connectivity index (χ2n) is 8.42. The van der Waals surface area contributed by atoms with Crippen LogP contribution in [0.25, 0.3) is 21.9 Å². The van der Waals surface area contributed by atoms with Gasteiger partial charge < -0.3 is 26.2 Å². The number of aromatic nitrogens is 4. The summed E-state index contributed by atoms with van der Waals surface area (Å²) in [6.07, 6.45) is 3.26. The Morgan fingerprint density at radius 3 is 2.73 bits per heavy atom. The first-order valence-electron chi connectivity index (χ1n) is 10.4. The second kappa shape index (κ2) is 7.95. The van der Waals surface area contributed by atoms with Gasteiger partial charge in [-0.1, -0.05) is 24.6 Å². The highest BCUT2D eigenvalue weighted by atomic mass is 35.5. The van der Waals surface area contributed by atoms with Crippen LogP contribution < -0.4 is 11.5 Å². The third-order valence-corrected chi connectivity index (χ3v) is 6.58. The molecule has 170 valence electrons. The van der Waals surface area contributed by atoms with Gasteiger partial charge in [0.2, 0.25) is 0 Å². The number of halogens is 2. The maximum Gasteiger partial charge on any atom is 0.146 e. The number of anilines is 2. The molecule has 0 saturated carbocycles. The van der Waals surface area contributed by atoms with Crippen molar-refractivity contribution >= 4 is 45.2 Å². The van der Waals surface area contributed by atoms with Crippen LogP contribution in [0.5, 0.6) is 0 Å². The van der Waals surface area contributed by atoms with Crippen molar-refractivity contribution in [3.8, 4) is 0 Å². The van der Waals surface area contributed by atoms with Gasteiger partial charge in [0.1, 0.15) is 41.6 Å². The largest absolute Gasteiger partial charge is 0.388 e. The Morgan fingerprint density at radius 2 is 1.94 bits per heavy atom. The Hall–Kier alpha value is -3.27. The molecule has 3 heterocycles. The summed E-state index contributed by atoms with van der Waals surface area (Å²) in [6.45, 7) is 1.92. The minimum absolute atomic E-state index is 0.136. The second-order valence-corrected chi connectivity index (χ2v) is 8.82. The van der Waals surface area contributed by atoms with Crippen molar-refractivity contribution in [3.63, 3.8) is 0 Å². The summed E-state index contributed by atoms with van der Waals surface area (Å²) in [6, 6.07) is 5.91. The van der Waals surface area contributed by atoms with E-state index in [1.165, 1.54) is 18.5 Å². The Kier molecular flexibility index (Phi) is 5.19. The molecule has 0 spiro atoms. The van der Waals surface area contributed by atoms with Crippen molar-refractivity contribution in [2.45, 2.75) is 31.6 Å². The predicted molar refractivity (Wildman–Crippen MR) is 125 cm³/mol. The lowest BCUT2D eigenvalue weighted by molar-refractivity contribution is 0.0293. The lowest BCUT2D eigenvalue weighted by Gasteiger charge is -2.21. The van der Waals surface area contributed by atoms with Gasteiger partial charge in [-0.25, -0.2) is 19.3 Å². The average Bonchev–Trinajstić information content (AvgIpc) is 3.32. The van der Waals surface area contributed by atoms with E-state index in [0.29, 0.717) is 45.3 Å². The van der Waals surface area contributed by atoms with E-state index in [0.717, 1.165) is 0 Å². The number of rotatable bonds is 4. The summed E-state index contributed by atoms with van der Waals surface area (Å²) in [5.41, 5.74) is 14.0. The van der Waals surface area contributed by atoms with Gasteiger partial charge in [0.15, 0.2) is 0 Å². The van der Waals surface area contributed by atoms with Crippen LogP contribution in [-0.2, 0) is 6.42 Å². The molecule has 6 N–H and O–H groups in total.